The van der Waals surface area contributed by atoms with Crippen molar-refractivity contribution in [2.45, 2.75) is 31.9 Å². The van der Waals surface area contributed by atoms with E-state index < -0.39 is 12.1 Å². The Morgan fingerprint density at radius 3 is 2.86 bits per heavy atom. The number of ether oxygens (including phenoxy) is 2. The fourth-order valence-corrected chi connectivity index (χ4v) is 5.09. The standard InChI is InChI=1S/C22H28N2O5/c1-12(25)17-10-24-7-6-15-14-5-4-13(26)8-19(14)23-21(15)20(24)9-16(17)18(11-28-2)22(27)29-3/h4-5,8,11-12,16-17,20,23,25-26H,6-7,9-10H2,1-3H3/b18-11-/t12?,16-,17+,20-/m0/s1. The Hall–Kier alpha value is -2.51. The molecular formula is C22H28N2O5. The minimum atomic E-state index is -0.563. The molecule has 1 aromatic heterocycles. The normalized spacial score (nSPS) is 25.9. The fourth-order valence-electron chi connectivity index (χ4n) is 5.09. The van der Waals surface area contributed by atoms with Crippen molar-refractivity contribution in [2.75, 3.05) is 27.3 Å². The van der Waals surface area contributed by atoms with E-state index in [9.17, 15) is 15.0 Å². The summed E-state index contributed by atoms with van der Waals surface area (Å²) in [5, 5.41) is 21.4. The van der Waals surface area contributed by atoms with Gasteiger partial charge in [-0.3, -0.25) is 4.90 Å². The van der Waals surface area contributed by atoms with Gasteiger partial charge in [0.25, 0.3) is 0 Å². The number of nitrogens with zero attached hydrogens (tertiary/aromatic N) is 1. The van der Waals surface area contributed by atoms with E-state index in [-0.39, 0.29) is 23.6 Å². The summed E-state index contributed by atoms with van der Waals surface area (Å²) in [6, 6.07) is 5.52. The average molecular weight is 400 g/mol. The van der Waals surface area contributed by atoms with Crippen LogP contribution in [0.4, 0.5) is 0 Å². The number of hydrogen-bond acceptors (Lipinski definition) is 6. The predicted octanol–water partition coefficient (Wildman–Crippen LogP) is 2.49. The maximum absolute atomic E-state index is 12.5. The second kappa shape index (κ2) is 7.72. The van der Waals surface area contributed by atoms with Gasteiger partial charge in [-0.25, -0.2) is 4.79 Å². The number of nitrogens with one attached hydrogen (secondary N) is 1. The molecule has 0 bridgehead atoms. The minimum absolute atomic E-state index is 0.0956. The number of esters is 1. The molecule has 156 valence electrons. The van der Waals surface area contributed by atoms with E-state index in [0.29, 0.717) is 18.5 Å². The zero-order chi connectivity index (χ0) is 20.7. The van der Waals surface area contributed by atoms with Crippen molar-refractivity contribution in [3.63, 3.8) is 0 Å². The Bertz CT molecular complexity index is 948. The largest absolute Gasteiger partial charge is 0.508 e. The summed E-state index contributed by atoms with van der Waals surface area (Å²) >= 11 is 0. The Labute approximate surface area is 169 Å². The zero-order valence-electron chi connectivity index (χ0n) is 17.0. The van der Waals surface area contributed by atoms with Crippen molar-refractivity contribution in [3.8, 4) is 5.75 Å². The van der Waals surface area contributed by atoms with Crippen molar-refractivity contribution in [2.24, 2.45) is 11.8 Å². The van der Waals surface area contributed by atoms with E-state index in [2.05, 4.69) is 9.88 Å². The lowest BCUT2D eigenvalue weighted by Gasteiger charge is -2.47. The number of aliphatic hydroxyl groups excluding tert-OH is 1. The summed E-state index contributed by atoms with van der Waals surface area (Å²) < 4.78 is 10.2. The van der Waals surface area contributed by atoms with Gasteiger partial charge in [0.1, 0.15) is 5.75 Å². The quantitative estimate of drug-likeness (QED) is 0.415. The van der Waals surface area contributed by atoms with Gasteiger partial charge >= 0.3 is 5.97 Å². The highest BCUT2D eigenvalue weighted by Gasteiger charge is 2.44. The number of carbonyl (C=O) groups excluding carboxylic acids is 1. The van der Waals surface area contributed by atoms with Gasteiger partial charge in [-0.05, 0) is 37.5 Å². The number of hydrogen-bond donors (Lipinski definition) is 3. The molecule has 0 spiro atoms. The molecular weight excluding hydrogens is 372 g/mol. The number of phenols is 1. The number of methoxy groups -OCH3 is 2. The van der Waals surface area contributed by atoms with Crippen LogP contribution in [0.2, 0.25) is 0 Å². The summed E-state index contributed by atoms with van der Waals surface area (Å²) in [6.07, 6.45) is 2.47. The molecule has 7 heteroatoms. The first kappa shape index (κ1) is 19.8. The van der Waals surface area contributed by atoms with Crippen molar-refractivity contribution >= 4 is 16.9 Å². The van der Waals surface area contributed by atoms with Gasteiger partial charge in [0, 0.05) is 47.6 Å². The molecule has 0 amide bonds. The van der Waals surface area contributed by atoms with E-state index in [1.807, 2.05) is 6.07 Å². The number of carbonyl (C=O) groups is 1. The lowest BCUT2D eigenvalue weighted by molar-refractivity contribution is -0.138. The highest BCUT2D eigenvalue weighted by molar-refractivity contribution is 5.89. The van der Waals surface area contributed by atoms with E-state index in [4.69, 9.17) is 9.47 Å². The number of aromatic nitrogens is 1. The van der Waals surface area contributed by atoms with Gasteiger partial charge in [0.2, 0.25) is 0 Å². The second-order valence-electron chi connectivity index (χ2n) is 8.05. The van der Waals surface area contributed by atoms with Crippen LogP contribution in [0.15, 0.2) is 30.0 Å². The summed E-state index contributed by atoms with van der Waals surface area (Å²) in [6.45, 7) is 3.36. The van der Waals surface area contributed by atoms with Crippen LogP contribution in [0.3, 0.4) is 0 Å². The lowest BCUT2D eigenvalue weighted by Crippen LogP contribution is -2.49. The SMILES string of the molecule is CO/C=C(\C(=O)OC)[C@H]1C[C@H]2c3[nH]c4cc(O)ccc4c3CCN2C[C@@H]1C(C)O. The third-order valence-corrected chi connectivity index (χ3v) is 6.47. The first-order valence-corrected chi connectivity index (χ1v) is 10.0. The summed E-state index contributed by atoms with van der Waals surface area (Å²) in [7, 11) is 2.87. The van der Waals surface area contributed by atoms with Crippen LogP contribution in [-0.4, -0.2) is 59.5 Å². The Kier molecular flexibility index (Phi) is 5.27. The van der Waals surface area contributed by atoms with Crippen molar-refractivity contribution in [1.29, 1.82) is 0 Å². The molecule has 4 rings (SSSR count). The van der Waals surface area contributed by atoms with Gasteiger partial charge in [-0.15, -0.1) is 0 Å². The van der Waals surface area contributed by atoms with Gasteiger partial charge in [-0.2, -0.15) is 0 Å². The number of rotatable bonds is 4. The van der Waals surface area contributed by atoms with E-state index in [1.165, 1.54) is 26.0 Å². The Morgan fingerprint density at radius 1 is 1.38 bits per heavy atom. The second-order valence-corrected chi connectivity index (χ2v) is 8.05. The topological polar surface area (TPSA) is 95.0 Å². The molecule has 7 nitrogen and oxygen atoms in total. The highest BCUT2D eigenvalue weighted by Crippen LogP contribution is 2.46. The monoisotopic (exact) mass is 400 g/mol. The molecule has 0 saturated carbocycles. The van der Waals surface area contributed by atoms with Crippen molar-refractivity contribution in [1.82, 2.24) is 9.88 Å². The fraction of sp³-hybridized carbons (Fsp3) is 0.500. The molecule has 3 heterocycles. The first-order valence-electron chi connectivity index (χ1n) is 10.0. The molecule has 3 N–H and O–H groups in total. The first-order chi connectivity index (χ1) is 13.9. The van der Waals surface area contributed by atoms with E-state index in [1.54, 1.807) is 19.1 Å². The molecule has 0 aliphatic carbocycles. The zero-order valence-corrected chi connectivity index (χ0v) is 17.0. The van der Waals surface area contributed by atoms with Crippen LogP contribution < -0.4 is 0 Å². The maximum atomic E-state index is 12.5. The van der Waals surface area contributed by atoms with Crippen LogP contribution in [0.5, 0.6) is 5.75 Å². The predicted molar refractivity (Wildman–Crippen MR) is 108 cm³/mol. The van der Waals surface area contributed by atoms with Gasteiger partial charge in [-0.1, -0.05) is 0 Å². The van der Waals surface area contributed by atoms with Crippen LogP contribution in [0, 0.1) is 11.8 Å². The number of fused-ring (bicyclic) bond motifs is 5. The molecule has 1 aromatic carbocycles. The number of phenolic OH excluding ortho intramolecular Hbond substituents is 1. The van der Waals surface area contributed by atoms with Gasteiger partial charge < -0.3 is 24.7 Å². The van der Waals surface area contributed by atoms with Crippen LogP contribution in [0.25, 0.3) is 10.9 Å². The van der Waals surface area contributed by atoms with Crippen LogP contribution in [-0.2, 0) is 20.7 Å². The maximum Gasteiger partial charge on any atom is 0.337 e. The number of benzene rings is 1. The Balaban J connectivity index is 1.75. The molecule has 0 radical (unpaired) electrons. The minimum Gasteiger partial charge on any atom is -0.508 e. The number of H-pyrrole nitrogens is 1. The highest BCUT2D eigenvalue weighted by atomic mass is 16.5. The third kappa shape index (κ3) is 3.38. The smallest absolute Gasteiger partial charge is 0.337 e. The number of aromatic amines is 1. The Morgan fingerprint density at radius 2 is 2.17 bits per heavy atom. The molecule has 1 unspecified atom stereocenters. The summed E-state index contributed by atoms with van der Waals surface area (Å²) in [5.41, 5.74) is 3.78. The molecule has 2 aliphatic rings. The molecule has 4 atom stereocenters. The molecule has 29 heavy (non-hydrogen) atoms. The van der Waals surface area contributed by atoms with Crippen molar-refractivity contribution < 1.29 is 24.5 Å². The molecule has 2 aliphatic heterocycles. The van der Waals surface area contributed by atoms with Gasteiger partial charge in [0.15, 0.2) is 0 Å². The molecule has 1 saturated heterocycles. The molecule has 2 aromatic rings. The number of piperidine rings is 1. The molecule has 1 fully saturated rings. The average Bonchev–Trinajstić information content (AvgIpc) is 3.08. The summed E-state index contributed by atoms with van der Waals surface area (Å²) in [4.78, 5) is 18.3. The van der Waals surface area contributed by atoms with Gasteiger partial charge in [0.05, 0.1) is 38.2 Å². The number of aromatic hydroxyl groups is 1. The van der Waals surface area contributed by atoms with Crippen LogP contribution >= 0.6 is 0 Å². The van der Waals surface area contributed by atoms with E-state index in [0.717, 1.165) is 29.6 Å². The van der Waals surface area contributed by atoms with E-state index >= 15 is 0 Å². The summed E-state index contributed by atoms with van der Waals surface area (Å²) in [5.74, 6) is -0.468. The third-order valence-electron chi connectivity index (χ3n) is 6.47. The van der Waals surface area contributed by atoms with Crippen LogP contribution in [0.1, 0.15) is 30.6 Å². The number of aliphatic hydroxyl groups is 1. The van der Waals surface area contributed by atoms with Crippen molar-refractivity contribution in [3.05, 3.63) is 41.3 Å². The lowest BCUT2D eigenvalue weighted by atomic mass is 9.73.